The molecule has 2 aromatic carbocycles. The van der Waals surface area contributed by atoms with E-state index in [4.69, 9.17) is 9.47 Å². The summed E-state index contributed by atoms with van der Waals surface area (Å²) in [5, 5.41) is 2.14. The number of methoxy groups -OCH3 is 2. The summed E-state index contributed by atoms with van der Waals surface area (Å²) in [5.74, 6) is 0.0332. The summed E-state index contributed by atoms with van der Waals surface area (Å²) in [4.78, 5) is 2.03. The first-order chi connectivity index (χ1) is 15.1. The molecule has 1 aliphatic heterocycles. The van der Waals surface area contributed by atoms with Crippen LogP contribution in [0.5, 0.6) is 11.5 Å². The van der Waals surface area contributed by atoms with Crippen LogP contribution in [-0.4, -0.2) is 79.4 Å². The Morgan fingerprint density at radius 3 is 2.28 bits per heavy atom. The van der Waals surface area contributed by atoms with E-state index in [1.165, 1.54) is 32.4 Å². The number of ether oxygens (including phenoxy) is 2. The Bertz CT molecular complexity index is 1130. The first-order valence-electron chi connectivity index (χ1n) is 10.2. The summed E-state index contributed by atoms with van der Waals surface area (Å²) >= 11 is 0. The lowest BCUT2D eigenvalue weighted by Gasteiger charge is -2.28. The van der Waals surface area contributed by atoms with Crippen molar-refractivity contribution >= 4 is 19.7 Å². The topological polar surface area (TPSA) is 102 Å². The van der Waals surface area contributed by atoms with Crippen LogP contribution in [0.25, 0.3) is 0 Å². The molecule has 0 aromatic heterocycles. The van der Waals surface area contributed by atoms with Gasteiger partial charge < -0.3 is 19.7 Å². The van der Waals surface area contributed by atoms with Crippen LogP contribution in [-0.2, 0) is 19.7 Å². The standard InChI is InChI=1S/C22H30N2O6S2/c1-24(2)19(16-8-6-5-7-9-16)13-23-18-14-31(25,26)15-22(18)32(27,28)17-10-11-20(29-3)21(12-17)30-4/h5-12,18-19,22-23H,13-15H2,1-4H3/t18-,19?,22-/m0/s1. The third-order valence-corrected chi connectivity index (χ3v) is 9.91. The molecule has 176 valence electrons. The van der Waals surface area contributed by atoms with Gasteiger partial charge in [-0.05, 0) is 31.8 Å². The van der Waals surface area contributed by atoms with Gasteiger partial charge in [0.2, 0.25) is 0 Å². The molecule has 8 nitrogen and oxygen atoms in total. The van der Waals surface area contributed by atoms with E-state index < -0.39 is 36.7 Å². The molecule has 0 saturated carbocycles. The van der Waals surface area contributed by atoms with Crippen LogP contribution < -0.4 is 14.8 Å². The van der Waals surface area contributed by atoms with Crippen LogP contribution >= 0.6 is 0 Å². The Hall–Kier alpha value is -2.14. The molecule has 0 bridgehead atoms. The first kappa shape index (κ1) is 24.5. The monoisotopic (exact) mass is 482 g/mol. The SMILES string of the molecule is COc1ccc(S(=O)(=O)[C@H]2CS(=O)(=O)C[C@@H]2NCC(c2ccccc2)N(C)C)cc1OC. The van der Waals surface area contributed by atoms with Gasteiger partial charge in [0.15, 0.2) is 31.2 Å². The summed E-state index contributed by atoms with van der Waals surface area (Å²) in [6.07, 6.45) is 0. The molecule has 32 heavy (non-hydrogen) atoms. The molecule has 3 rings (SSSR count). The van der Waals surface area contributed by atoms with Crippen molar-refractivity contribution in [2.75, 3.05) is 46.4 Å². The van der Waals surface area contributed by atoms with Gasteiger partial charge in [-0.1, -0.05) is 30.3 Å². The van der Waals surface area contributed by atoms with Crippen LogP contribution in [0.1, 0.15) is 11.6 Å². The van der Waals surface area contributed by atoms with Crippen LogP contribution in [0, 0.1) is 0 Å². The minimum atomic E-state index is -3.94. The fourth-order valence-corrected chi connectivity index (χ4v) is 8.75. The second-order valence-corrected chi connectivity index (χ2v) is 12.4. The number of nitrogens with one attached hydrogen (secondary N) is 1. The van der Waals surface area contributed by atoms with Gasteiger partial charge >= 0.3 is 0 Å². The molecule has 0 radical (unpaired) electrons. The maximum absolute atomic E-state index is 13.4. The first-order valence-corrected chi connectivity index (χ1v) is 13.6. The largest absolute Gasteiger partial charge is 0.493 e. The van der Waals surface area contributed by atoms with Crippen molar-refractivity contribution in [3.05, 3.63) is 54.1 Å². The highest BCUT2D eigenvalue weighted by Gasteiger charge is 2.46. The van der Waals surface area contributed by atoms with E-state index in [0.29, 0.717) is 12.3 Å². The normalized spacial score (nSPS) is 21.4. The Morgan fingerprint density at radius 1 is 1.03 bits per heavy atom. The Morgan fingerprint density at radius 2 is 1.69 bits per heavy atom. The Labute approximate surface area is 190 Å². The van der Waals surface area contributed by atoms with E-state index in [-0.39, 0.29) is 22.4 Å². The number of hydrogen-bond donors (Lipinski definition) is 1. The van der Waals surface area contributed by atoms with E-state index in [0.717, 1.165) is 5.56 Å². The van der Waals surface area contributed by atoms with Gasteiger partial charge in [-0.25, -0.2) is 16.8 Å². The molecule has 1 heterocycles. The maximum atomic E-state index is 13.4. The third-order valence-electron chi connectivity index (χ3n) is 5.76. The molecule has 0 amide bonds. The highest BCUT2D eigenvalue weighted by molar-refractivity contribution is 7.96. The Kier molecular flexibility index (Phi) is 7.49. The number of nitrogens with zero attached hydrogens (tertiary/aromatic N) is 1. The number of rotatable bonds is 9. The van der Waals surface area contributed by atoms with Crippen molar-refractivity contribution in [1.82, 2.24) is 10.2 Å². The minimum Gasteiger partial charge on any atom is -0.493 e. The zero-order chi connectivity index (χ0) is 23.5. The predicted octanol–water partition coefficient (Wildman–Crippen LogP) is 1.54. The molecule has 3 atom stereocenters. The van der Waals surface area contributed by atoms with Gasteiger partial charge in [0.25, 0.3) is 0 Å². The molecule has 1 saturated heterocycles. The third kappa shape index (κ3) is 5.25. The zero-order valence-electron chi connectivity index (χ0n) is 18.7. The quantitative estimate of drug-likeness (QED) is 0.574. The zero-order valence-corrected chi connectivity index (χ0v) is 20.3. The molecule has 2 aromatic rings. The molecule has 1 aliphatic rings. The van der Waals surface area contributed by atoms with Crippen LogP contribution in [0.2, 0.25) is 0 Å². The van der Waals surface area contributed by atoms with Crippen LogP contribution in [0.15, 0.2) is 53.4 Å². The van der Waals surface area contributed by atoms with Crippen LogP contribution in [0.3, 0.4) is 0 Å². The van der Waals surface area contributed by atoms with E-state index in [1.54, 1.807) is 0 Å². The van der Waals surface area contributed by atoms with Crippen molar-refractivity contribution in [1.29, 1.82) is 0 Å². The number of likely N-dealkylation sites (N-methyl/N-ethyl adjacent to an activating group) is 1. The molecule has 1 N–H and O–H groups in total. The summed E-state index contributed by atoms with van der Waals surface area (Å²) in [6, 6.07) is 13.4. The van der Waals surface area contributed by atoms with E-state index >= 15 is 0 Å². The van der Waals surface area contributed by atoms with Gasteiger partial charge in [-0.2, -0.15) is 0 Å². The average Bonchev–Trinajstić information content (AvgIpc) is 3.09. The molecule has 1 unspecified atom stereocenters. The number of sulfone groups is 2. The molecule has 0 spiro atoms. The van der Waals surface area contributed by atoms with Gasteiger partial charge in [0, 0.05) is 24.7 Å². The fourth-order valence-electron chi connectivity index (χ4n) is 4.02. The number of benzene rings is 2. The molecule has 10 heteroatoms. The van der Waals surface area contributed by atoms with Gasteiger partial charge in [0.05, 0.1) is 35.9 Å². The molecule has 0 aliphatic carbocycles. The molecule has 1 fully saturated rings. The lowest BCUT2D eigenvalue weighted by molar-refractivity contribution is 0.282. The minimum absolute atomic E-state index is 0.0104. The lowest BCUT2D eigenvalue weighted by Crippen LogP contribution is -2.46. The summed E-state index contributed by atoms with van der Waals surface area (Å²) in [5.41, 5.74) is 1.06. The van der Waals surface area contributed by atoms with Gasteiger partial charge in [-0.15, -0.1) is 0 Å². The van der Waals surface area contributed by atoms with E-state index in [9.17, 15) is 16.8 Å². The summed E-state index contributed by atoms with van der Waals surface area (Å²) in [7, 11) is -0.700. The van der Waals surface area contributed by atoms with E-state index in [1.807, 2.05) is 49.3 Å². The fraction of sp³-hybridized carbons (Fsp3) is 0.455. The van der Waals surface area contributed by atoms with Crippen molar-refractivity contribution in [2.24, 2.45) is 0 Å². The second kappa shape index (κ2) is 9.78. The van der Waals surface area contributed by atoms with Gasteiger partial charge in [0.1, 0.15) is 0 Å². The van der Waals surface area contributed by atoms with Crippen molar-refractivity contribution < 1.29 is 26.3 Å². The van der Waals surface area contributed by atoms with Crippen LogP contribution in [0.4, 0.5) is 0 Å². The Balaban J connectivity index is 1.88. The van der Waals surface area contributed by atoms with Crippen molar-refractivity contribution in [3.63, 3.8) is 0 Å². The van der Waals surface area contributed by atoms with Gasteiger partial charge in [-0.3, -0.25) is 0 Å². The highest BCUT2D eigenvalue weighted by Crippen LogP contribution is 2.33. The summed E-state index contributed by atoms with van der Waals surface area (Å²) < 4.78 is 62.2. The summed E-state index contributed by atoms with van der Waals surface area (Å²) in [6.45, 7) is 0.412. The highest BCUT2D eigenvalue weighted by atomic mass is 32.2. The molecular formula is C22H30N2O6S2. The van der Waals surface area contributed by atoms with Crippen molar-refractivity contribution in [3.8, 4) is 11.5 Å². The second-order valence-electron chi connectivity index (χ2n) is 8.08. The smallest absolute Gasteiger partial charge is 0.183 e. The van der Waals surface area contributed by atoms with E-state index in [2.05, 4.69) is 5.32 Å². The maximum Gasteiger partial charge on any atom is 0.183 e. The lowest BCUT2D eigenvalue weighted by atomic mass is 10.1. The van der Waals surface area contributed by atoms with Crippen molar-refractivity contribution in [2.45, 2.75) is 22.2 Å². The predicted molar refractivity (Wildman–Crippen MR) is 124 cm³/mol. The number of hydrogen-bond acceptors (Lipinski definition) is 8. The molecular weight excluding hydrogens is 452 g/mol. The average molecular weight is 483 g/mol.